The van der Waals surface area contributed by atoms with Crippen LogP contribution < -0.4 is 10.4 Å². The maximum atomic E-state index is 12.7. The number of carbonyl (C=O) groups is 2. The average molecular weight is 270 g/mol. The quantitative estimate of drug-likeness (QED) is 0.796. The van der Waals surface area contributed by atoms with E-state index in [1.165, 1.54) is 10.6 Å². The van der Waals surface area contributed by atoms with E-state index in [1.54, 1.807) is 0 Å². The summed E-state index contributed by atoms with van der Waals surface area (Å²) in [5.41, 5.74) is 4.64. The highest BCUT2D eigenvalue weighted by Crippen LogP contribution is 2.38. The molecule has 1 aromatic rings. The van der Waals surface area contributed by atoms with Crippen molar-refractivity contribution in [2.75, 3.05) is 5.01 Å². The van der Waals surface area contributed by atoms with Crippen LogP contribution in [-0.2, 0) is 9.59 Å². The Morgan fingerprint density at radius 2 is 1.90 bits per heavy atom. The first kappa shape index (κ1) is 12.9. The lowest BCUT2D eigenvalue weighted by Crippen LogP contribution is -2.61. The third kappa shape index (κ3) is 2.01. The Balaban J connectivity index is 1.96. The van der Waals surface area contributed by atoms with Crippen LogP contribution in [0.3, 0.4) is 0 Å². The number of nitrogens with one attached hydrogen (secondary N) is 1. The van der Waals surface area contributed by atoms with Crippen molar-refractivity contribution in [2.45, 2.75) is 20.3 Å². The molecule has 104 valence electrons. The lowest BCUT2D eigenvalue weighted by molar-refractivity contribution is -0.141. The summed E-state index contributed by atoms with van der Waals surface area (Å²) >= 11 is 0. The topological polar surface area (TPSA) is 49.4 Å². The number of benzene rings is 1. The predicted molar refractivity (Wildman–Crippen MR) is 76.6 cm³/mol. The summed E-state index contributed by atoms with van der Waals surface area (Å²) in [7, 11) is 0. The van der Waals surface area contributed by atoms with Crippen LogP contribution >= 0.6 is 0 Å². The molecular weight excluding hydrogens is 252 g/mol. The SMILES string of the molecule is CC1=C[C@H](C)[C@H]2C(=O)N(c3ccccc3)NC(=O)[C@@H]2C1. The van der Waals surface area contributed by atoms with E-state index < -0.39 is 0 Å². The van der Waals surface area contributed by atoms with Gasteiger partial charge in [-0.3, -0.25) is 15.0 Å². The van der Waals surface area contributed by atoms with Crippen molar-refractivity contribution in [1.29, 1.82) is 0 Å². The van der Waals surface area contributed by atoms with E-state index in [-0.39, 0.29) is 29.6 Å². The van der Waals surface area contributed by atoms with Gasteiger partial charge in [0.25, 0.3) is 0 Å². The molecular formula is C16H18N2O2. The smallest absolute Gasteiger partial charge is 0.250 e. The number of amides is 2. The number of hydrazine groups is 1. The Hall–Kier alpha value is -2.10. The third-order valence-corrected chi connectivity index (χ3v) is 4.17. The van der Waals surface area contributed by atoms with Crippen LogP contribution in [0, 0.1) is 17.8 Å². The second kappa shape index (κ2) is 4.78. The van der Waals surface area contributed by atoms with Crippen molar-refractivity contribution < 1.29 is 9.59 Å². The first-order valence-electron chi connectivity index (χ1n) is 6.94. The van der Waals surface area contributed by atoms with Crippen molar-refractivity contribution in [3.8, 4) is 0 Å². The fourth-order valence-electron chi connectivity index (χ4n) is 3.28. The molecule has 2 aliphatic rings. The standard InChI is InChI=1S/C16H18N2O2/c1-10-8-11(2)14-13(9-10)15(19)17-18(16(14)20)12-6-4-3-5-7-12/h3-8,11,13-14H,9H2,1-2H3,(H,17,19)/t11-,13+,14+/m0/s1. The number of rotatable bonds is 1. The van der Waals surface area contributed by atoms with E-state index in [2.05, 4.69) is 11.5 Å². The van der Waals surface area contributed by atoms with Gasteiger partial charge in [0.2, 0.25) is 11.8 Å². The molecule has 0 saturated carbocycles. The number of allylic oxidation sites excluding steroid dienone is 2. The molecule has 1 heterocycles. The number of hydrogen-bond acceptors (Lipinski definition) is 2. The normalized spacial score (nSPS) is 29.6. The predicted octanol–water partition coefficient (Wildman–Crippen LogP) is 2.28. The highest BCUT2D eigenvalue weighted by molar-refractivity contribution is 6.04. The molecule has 20 heavy (non-hydrogen) atoms. The summed E-state index contributed by atoms with van der Waals surface area (Å²) in [6.07, 6.45) is 2.79. The largest absolute Gasteiger partial charge is 0.273 e. The lowest BCUT2D eigenvalue weighted by Gasteiger charge is -2.41. The molecule has 2 amide bonds. The molecule has 1 fully saturated rings. The zero-order valence-electron chi connectivity index (χ0n) is 11.7. The number of nitrogens with zero attached hydrogens (tertiary/aromatic N) is 1. The van der Waals surface area contributed by atoms with Crippen LogP contribution in [-0.4, -0.2) is 11.8 Å². The van der Waals surface area contributed by atoms with Crippen LogP contribution in [0.2, 0.25) is 0 Å². The Bertz CT molecular complexity index is 579. The van der Waals surface area contributed by atoms with E-state index in [0.717, 1.165) is 0 Å². The zero-order valence-corrected chi connectivity index (χ0v) is 11.7. The summed E-state index contributed by atoms with van der Waals surface area (Å²) in [6.45, 7) is 4.04. The number of fused-ring (bicyclic) bond motifs is 1. The Morgan fingerprint density at radius 3 is 2.60 bits per heavy atom. The van der Waals surface area contributed by atoms with E-state index in [4.69, 9.17) is 0 Å². The van der Waals surface area contributed by atoms with Crippen molar-refractivity contribution in [3.05, 3.63) is 42.0 Å². The van der Waals surface area contributed by atoms with Crippen molar-refractivity contribution >= 4 is 17.5 Å². The van der Waals surface area contributed by atoms with Gasteiger partial charge in [0.05, 0.1) is 17.5 Å². The van der Waals surface area contributed by atoms with Crippen LogP contribution in [0.5, 0.6) is 0 Å². The molecule has 3 rings (SSSR count). The fraction of sp³-hybridized carbons (Fsp3) is 0.375. The van der Waals surface area contributed by atoms with Crippen LogP contribution in [0.1, 0.15) is 20.3 Å². The van der Waals surface area contributed by atoms with Gasteiger partial charge in [-0.2, -0.15) is 0 Å². The van der Waals surface area contributed by atoms with Crippen molar-refractivity contribution in [1.82, 2.24) is 5.43 Å². The van der Waals surface area contributed by atoms with E-state index in [0.29, 0.717) is 12.1 Å². The molecule has 4 heteroatoms. The zero-order chi connectivity index (χ0) is 14.3. The molecule has 1 N–H and O–H groups in total. The Labute approximate surface area is 118 Å². The van der Waals surface area contributed by atoms with Gasteiger partial charge < -0.3 is 0 Å². The summed E-state index contributed by atoms with van der Waals surface area (Å²) in [5.74, 6) is -0.469. The fourth-order valence-corrected chi connectivity index (χ4v) is 3.28. The summed E-state index contributed by atoms with van der Waals surface area (Å²) in [5, 5.41) is 1.40. The second-order valence-corrected chi connectivity index (χ2v) is 5.69. The molecule has 0 unspecified atom stereocenters. The van der Waals surface area contributed by atoms with Crippen LogP contribution in [0.4, 0.5) is 5.69 Å². The minimum atomic E-state index is -0.257. The highest BCUT2D eigenvalue weighted by Gasteiger charge is 2.46. The molecule has 1 saturated heterocycles. The second-order valence-electron chi connectivity index (χ2n) is 5.69. The molecule has 0 radical (unpaired) electrons. The molecule has 1 aromatic carbocycles. The minimum absolute atomic E-state index is 0.0166. The molecule has 0 spiro atoms. The van der Waals surface area contributed by atoms with Crippen LogP contribution in [0.15, 0.2) is 42.0 Å². The van der Waals surface area contributed by atoms with Crippen LogP contribution in [0.25, 0.3) is 0 Å². The van der Waals surface area contributed by atoms with E-state index in [1.807, 2.05) is 44.2 Å². The van der Waals surface area contributed by atoms with Gasteiger partial charge in [0, 0.05) is 0 Å². The lowest BCUT2D eigenvalue weighted by atomic mass is 9.72. The van der Waals surface area contributed by atoms with Crippen molar-refractivity contribution in [3.63, 3.8) is 0 Å². The van der Waals surface area contributed by atoms with E-state index in [9.17, 15) is 9.59 Å². The Kier molecular flexibility index (Phi) is 3.08. The van der Waals surface area contributed by atoms with Gasteiger partial charge in [0.15, 0.2) is 0 Å². The summed E-state index contributed by atoms with van der Waals surface area (Å²) < 4.78 is 0. The monoisotopic (exact) mass is 270 g/mol. The highest BCUT2D eigenvalue weighted by atomic mass is 16.2. The molecule has 0 bridgehead atoms. The first-order chi connectivity index (χ1) is 9.58. The van der Waals surface area contributed by atoms with Gasteiger partial charge in [-0.15, -0.1) is 0 Å². The third-order valence-electron chi connectivity index (χ3n) is 4.17. The number of hydrogen-bond donors (Lipinski definition) is 1. The maximum absolute atomic E-state index is 12.7. The molecule has 1 aliphatic carbocycles. The first-order valence-corrected chi connectivity index (χ1v) is 6.94. The van der Waals surface area contributed by atoms with E-state index >= 15 is 0 Å². The van der Waals surface area contributed by atoms with Gasteiger partial charge in [-0.1, -0.05) is 36.8 Å². The minimum Gasteiger partial charge on any atom is -0.273 e. The molecule has 3 atom stereocenters. The maximum Gasteiger partial charge on any atom is 0.250 e. The summed E-state index contributed by atoms with van der Waals surface area (Å²) in [6, 6.07) is 9.25. The Morgan fingerprint density at radius 1 is 1.20 bits per heavy atom. The number of para-hydroxylation sites is 1. The molecule has 1 aliphatic heterocycles. The summed E-state index contributed by atoms with van der Waals surface area (Å²) in [4.78, 5) is 25.0. The van der Waals surface area contributed by atoms with Gasteiger partial charge in [0.1, 0.15) is 0 Å². The average Bonchev–Trinajstić information content (AvgIpc) is 2.43. The van der Waals surface area contributed by atoms with Gasteiger partial charge >= 0.3 is 0 Å². The van der Waals surface area contributed by atoms with Gasteiger partial charge in [-0.25, -0.2) is 5.01 Å². The van der Waals surface area contributed by atoms with Crippen molar-refractivity contribution in [2.24, 2.45) is 17.8 Å². The number of carbonyl (C=O) groups excluding carboxylic acids is 2. The molecule has 0 aromatic heterocycles. The number of anilines is 1. The van der Waals surface area contributed by atoms with Gasteiger partial charge in [-0.05, 0) is 31.4 Å². The molecule has 4 nitrogen and oxygen atoms in total.